The second kappa shape index (κ2) is 4.76. The first-order valence-corrected chi connectivity index (χ1v) is 5.04. The number of aliphatic hydroxyl groups excluding tert-OH is 1. The van der Waals surface area contributed by atoms with Crippen LogP contribution in [0.25, 0.3) is 0 Å². The molecule has 5 heteroatoms. The minimum Gasteiger partial charge on any atom is -0.485 e. The Morgan fingerprint density at radius 3 is 2.56 bits per heavy atom. The molecule has 0 saturated carbocycles. The van der Waals surface area contributed by atoms with Crippen LogP contribution in [-0.2, 0) is 4.74 Å². The van der Waals surface area contributed by atoms with Crippen LogP contribution in [0.4, 0.5) is 8.78 Å². The lowest BCUT2D eigenvalue weighted by Crippen LogP contribution is -2.40. The number of hydrogen-bond donors (Lipinski definition) is 1. The lowest BCUT2D eigenvalue weighted by molar-refractivity contribution is -0.0736. The van der Waals surface area contributed by atoms with Gasteiger partial charge in [-0.15, -0.1) is 0 Å². The molecule has 1 heterocycles. The first-order valence-electron chi connectivity index (χ1n) is 5.04. The van der Waals surface area contributed by atoms with Gasteiger partial charge in [0, 0.05) is 31.2 Å². The van der Waals surface area contributed by atoms with E-state index in [2.05, 4.69) is 0 Å². The van der Waals surface area contributed by atoms with Crippen LogP contribution in [0.5, 0.6) is 5.75 Å². The maximum absolute atomic E-state index is 12.9. The van der Waals surface area contributed by atoms with Crippen molar-refractivity contribution >= 4 is 0 Å². The van der Waals surface area contributed by atoms with Crippen LogP contribution in [0.2, 0.25) is 0 Å². The summed E-state index contributed by atoms with van der Waals surface area (Å²) in [5, 5.41) is 9.58. The van der Waals surface area contributed by atoms with Crippen molar-refractivity contribution in [3.8, 4) is 5.75 Å². The van der Waals surface area contributed by atoms with Gasteiger partial charge in [0.1, 0.15) is 23.5 Å². The molecule has 1 saturated heterocycles. The molecular formula is C11H12F2O3. The van der Waals surface area contributed by atoms with Crippen LogP contribution < -0.4 is 4.74 Å². The number of rotatable bonds is 2. The molecule has 2 unspecified atom stereocenters. The molecule has 2 rings (SSSR count). The molecule has 0 aliphatic carbocycles. The van der Waals surface area contributed by atoms with Gasteiger partial charge >= 0.3 is 0 Å². The second-order valence-electron chi connectivity index (χ2n) is 3.69. The maximum atomic E-state index is 12.9. The number of hydrogen-bond acceptors (Lipinski definition) is 3. The average Bonchev–Trinajstić information content (AvgIpc) is 2.20. The molecule has 0 radical (unpaired) electrons. The Labute approximate surface area is 91.6 Å². The van der Waals surface area contributed by atoms with Gasteiger partial charge in [0.2, 0.25) is 0 Å². The molecular weight excluding hydrogens is 218 g/mol. The van der Waals surface area contributed by atoms with Crippen molar-refractivity contribution in [2.24, 2.45) is 0 Å². The predicted octanol–water partition coefficient (Wildman–Crippen LogP) is 1.49. The third kappa shape index (κ3) is 2.68. The molecule has 1 N–H and O–H groups in total. The Balaban J connectivity index is 2.07. The van der Waals surface area contributed by atoms with E-state index in [4.69, 9.17) is 9.47 Å². The van der Waals surface area contributed by atoms with Gasteiger partial charge in [-0.3, -0.25) is 0 Å². The molecule has 3 nitrogen and oxygen atoms in total. The van der Waals surface area contributed by atoms with Crippen molar-refractivity contribution in [2.75, 3.05) is 13.2 Å². The van der Waals surface area contributed by atoms with Crippen molar-refractivity contribution in [1.82, 2.24) is 0 Å². The number of aliphatic hydroxyl groups is 1. The van der Waals surface area contributed by atoms with E-state index < -0.39 is 23.8 Å². The van der Waals surface area contributed by atoms with Gasteiger partial charge in [-0.2, -0.15) is 0 Å². The molecule has 0 bridgehead atoms. The molecule has 2 atom stereocenters. The summed E-state index contributed by atoms with van der Waals surface area (Å²) >= 11 is 0. The zero-order valence-electron chi connectivity index (χ0n) is 8.53. The molecule has 1 aromatic rings. The van der Waals surface area contributed by atoms with E-state index in [1.807, 2.05) is 0 Å². The van der Waals surface area contributed by atoms with E-state index >= 15 is 0 Å². The largest absolute Gasteiger partial charge is 0.485 e. The standard InChI is InChI=1S/C11H12F2O3/c12-7-3-8(13)5-9(4-7)16-11-6-15-2-1-10(11)14/h3-5,10-11,14H,1-2,6H2. The van der Waals surface area contributed by atoms with E-state index in [1.54, 1.807) is 0 Å². The van der Waals surface area contributed by atoms with E-state index in [0.717, 1.165) is 18.2 Å². The lowest BCUT2D eigenvalue weighted by atomic mass is 10.1. The zero-order valence-corrected chi connectivity index (χ0v) is 8.53. The highest BCUT2D eigenvalue weighted by Gasteiger charge is 2.25. The Bertz CT molecular complexity index is 350. The van der Waals surface area contributed by atoms with Crippen LogP contribution in [0.15, 0.2) is 18.2 Å². The SMILES string of the molecule is OC1CCOCC1Oc1cc(F)cc(F)c1. The first kappa shape index (κ1) is 11.3. The van der Waals surface area contributed by atoms with Gasteiger partial charge in [0.25, 0.3) is 0 Å². The monoisotopic (exact) mass is 230 g/mol. The summed E-state index contributed by atoms with van der Waals surface area (Å²) < 4.78 is 36.1. The third-order valence-corrected chi connectivity index (χ3v) is 2.39. The van der Waals surface area contributed by atoms with Crippen molar-refractivity contribution in [3.63, 3.8) is 0 Å². The molecule has 0 aromatic heterocycles. The van der Waals surface area contributed by atoms with Crippen LogP contribution in [0.3, 0.4) is 0 Å². The highest BCUT2D eigenvalue weighted by atomic mass is 19.1. The summed E-state index contributed by atoms with van der Waals surface area (Å²) in [5.74, 6) is -1.35. The smallest absolute Gasteiger partial charge is 0.148 e. The van der Waals surface area contributed by atoms with E-state index in [9.17, 15) is 13.9 Å². The minimum atomic E-state index is -0.707. The van der Waals surface area contributed by atoms with E-state index in [0.29, 0.717) is 13.0 Å². The Hall–Kier alpha value is -1.20. The molecule has 1 aliphatic heterocycles. The fourth-order valence-corrected chi connectivity index (χ4v) is 1.58. The number of halogens is 2. The Kier molecular flexibility index (Phi) is 3.36. The van der Waals surface area contributed by atoms with Crippen molar-refractivity contribution in [1.29, 1.82) is 0 Å². The molecule has 0 amide bonds. The Morgan fingerprint density at radius 2 is 1.94 bits per heavy atom. The summed E-state index contributed by atoms with van der Waals surface area (Å²) in [7, 11) is 0. The fraction of sp³-hybridized carbons (Fsp3) is 0.455. The molecule has 16 heavy (non-hydrogen) atoms. The van der Waals surface area contributed by atoms with Gasteiger partial charge < -0.3 is 14.6 Å². The van der Waals surface area contributed by atoms with Gasteiger partial charge in [-0.1, -0.05) is 0 Å². The van der Waals surface area contributed by atoms with Crippen molar-refractivity contribution < 1.29 is 23.4 Å². The topological polar surface area (TPSA) is 38.7 Å². The van der Waals surface area contributed by atoms with Gasteiger partial charge in [0.05, 0.1) is 12.7 Å². The quantitative estimate of drug-likeness (QED) is 0.836. The van der Waals surface area contributed by atoms with E-state index in [-0.39, 0.29) is 12.4 Å². The van der Waals surface area contributed by atoms with Crippen molar-refractivity contribution in [2.45, 2.75) is 18.6 Å². The molecule has 1 aliphatic rings. The fourth-order valence-electron chi connectivity index (χ4n) is 1.58. The van der Waals surface area contributed by atoms with Crippen molar-refractivity contribution in [3.05, 3.63) is 29.8 Å². The maximum Gasteiger partial charge on any atom is 0.148 e. The van der Waals surface area contributed by atoms with Crippen LogP contribution >= 0.6 is 0 Å². The molecule has 88 valence electrons. The zero-order chi connectivity index (χ0) is 11.5. The van der Waals surface area contributed by atoms with Crippen LogP contribution in [-0.4, -0.2) is 30.5 Å². The van der Waals surface area contributed by atoms with Gasteiger partial charge in [0.15, 0.2) is 0 Å². The van der Waals surface area contributed by atoms with E-state index in [1.165, 1.54) is 0 Å². The van der Waals surface area contributed by atoms with Crippen LogP contribution in [0, 0.1) is 11.6 Å². The molecule has 1 fully saturated rings. The molecule has 0 spiro atoms. The number of ether oxygens (including phenoxy) is 2. The summed E-state index contributed by atoms with van der Waals surface area (Å²) in [4.78, 5) is 0. The predicted molar refractivity (Wildman–Crippen MR) is 52.2 cm³/mol. The Morgan fingerprint density at radius 1 is 1.25 bits per heavy atom. The lowest BCUT2D eigenvalue weighted by Gasteiger charge is -2.28. The minimum absolute atomic E-state index is 0.0621. The highest BCUT2D eigenvalue weighted by molar-refractivity contribution is 5.24. The summed E-state index contributed by atoms with van der Waals surface area (Å²) in [6.45, 7) is 0.692. The summed E-state index contributed by atoms with van der Waals surface area (Å²) in [6.07, 6.45) is -0.780. The third-order valence-electron chi connectivity index (χ3n) is 2.39. The summed E-state index contributed by atoms with van der Waals surface area (Å²) in [6, 6.07) is 2.91. The van der Waals surface area contributed by atoms with Crippen LogP contribution in [0.1, 0.15) is 6.42 Å². The first-order chi connectivity index (χ1) is 7.65. The average molecular weight is 230 g/mol. The summed E-state index contributed by atoms with van der Waals surface area (Å²) in [5.41, 5.74) is 0. The number of benzene rings is 1. The second-order valence-corrected chi connectivity index (χ2v) is 3.69. The normalized spacial score (nSPS) is 25.4. The molecule has 1 aromatic carbocycles. The van der Waals surface area contributed by atoms with Gasteiger partial charge in [-0.05, 0) is 0 Å². The highest BCUT2D eigenvalue weighted by Crippen LogP contribution is 2.20. The van der Waals surface area contributed by atoms with Gasteiger partial charge in [-0.25, -0.2) is 8.78 Å².